The fourth-order valence-corrected chi connectivity index (χ4v) is 3.56. The molecule has 0 unspecified atom stereocenters. The minimum atomic E-state index is -0.783. The van der Waals surface area contributed by atoms with Gasteiger partial charge in [0.2, 0.25) is 5.91 Å². The van der Waals surface area contributed by atoms with E-state index in [1.54, 1.807) is 37.3 Å². The van der Waals surface area contributed by atoms with Crippen LogP contribution in [-0.4, -0.2) is 41.1 Å². The molecule has 29 heavy (non-hydrogen) atoms. The zero-order valence-electron chi connectivity index (χ0n) is 15.1. The molecule has 0 atom stereocenters. The molecule has 0 bridgehead atoms. The Morgan fingerprint density at radius 1 is 1.28 bits per heavy atom. The molecule has 150 valence electrons. The molecule has 1 aromatic carbocycles. The number of furan rings is 1. The van der Waals surface area contributed by atoms with E-state index in [0.29, 0.717) is 28.8 Å². The molecule has 1 aromatic heterocycles. The quantitative estimate of drug-likeness (QED) is 0.547. The van der Waals surface area contributed by atoms with Crippen molar-refractivity contribution in [3.8, 4) is 11.3 Å². The van der Waals surface area contributed by atoms with E-state index in [9.17, 15) is 19.2 Å². The number of carbonyl (C=O) groups excluding carboxylic acids is 4. The summed E-state index contributed by atoms with van der Waals surface area (Å²) in [6.07, 6.45) is 1.40. The molecule has 0 radical (unpaired) electrons. The molecule has 3 amide bonds. The van der Waals surface area contributed by atoms with Crippen LogP contribution in [-0.2, 0) is 14.3 Å². The summed E-state index contributed by atoms with van der Waals surface area (Å²) in [6.45, 7) is 1.43. The highest BCUT2D eigenvalue weighted by Gasteiger charge is 2.36. The van der Waals surface area contributed by atoms with Gasteiger partial charge in [-0.15, -0.1) is 0 Å². The predicted octanol–water partition coefficient (Wildman–Crippen LogP) is 3.30. The summed E-state index contributed by atoms with van der Waals surface area (Å²) in [5.74, 6) is -1.21. The summed E-state index contributed by atoms with van der Waals surface area (Å²) >= 11 is 6.75. The summed E-state index contributed by atoms with van der Waals surface area (Å²) in [5.41, 5.74) is 5.84. The third-order valence-corrected chi connectivity index (χ3v) is 5.07. The first-order valence-electron chi connectivity index (χ1n) is 8.40. The van der Waals surface area contributed by atoms with Gasteiger partial charge < -0.3 is 14.9 Å². The topological polar surface area (TPSA) is 120 Å². The van der Waals surface area contributed by atoms with Crippen LogP contribution >= 0.6 is 23.4 Å². The highest BCUT2D eigenvalue weighted by Crippen LogP contribution is 2.33. The largest absolute Gasteiger partial charge is 0.462 e. The number of carbonyl (C=O) groups is 4. The lowest BCUT2D eigenvalue weighted by Crippen LogP contribution is -2.36. The van der Waals surface area contributed by atoms with Gasteiger partial charge in [0.05, 0.1) is 22.1 Å². The fraction of sp³-hybridized carbons (Fsp3) is 0.158. The third kappa shape index (κ3) is 4.52. The Morgan fingerprint density at radius 3 is 2.72 bits per heavy atom. The van der Waals surface area contributed by atoms with E-state index in [1.807, 2.05) is 0 Å². The number of benzene rings is 1. The van der Waals surface area contributed by atoms with Crippen LogP contribution < -0.4 is 5.73 Å². The van der Waals surface area contributed by atoms with Crippen molar-refractivity contribution in [3.63, 3.8) is 0 Å². The number of hydrogen-bond donors (Lipinski definition) is 1. The maximum Gasteiger partial charge on any atom is 0.339 e. The lowest BCUT2D eigenvalue weighted by molar-refractivity contribution is -0.127. The molecule has 2 heterocycles. The van der Waals surface area contributed by atoms with E-state index in [1.165, 1.54) is 6.08 Å². The summed E-state index contributed by atoms with van der Waals surface area (Å²) in [5, 5.41) is -0.328. The molecule has 10 heteroatoms. The zero-order valence-corrected chi connectivity index (χ0v) is 16.7. The molecule has 3 rings (SSSR count). The average Bonchev–Trinajstić information content (AvgIpc) is 3.23. The van der Waals surface area contributed by atoms with E-state index in [4.69, 9.17) is 26.5 Å². The first-order valence-corrected chi connectivity index (χ1v) is 9.60. The minimum absolute atomic E-state index is 0.112. The molecule has 2 N–H and O–H groups in total. The minimum Gasteiger partial charge on any atom is -0.462 e. The number of thioether (sulfide) groups is 1. The van der Waals surface area contributed by atoms with Crippen molar-refractivity contribution in [2.24, 2.45) is 5.73 Å². The summed E-state index contributed by atoms with van der Waals surface area (Å²) in [7, 11) is 0. The average molecular weight is 435 g/mol. The van der Waals surface area contributed by atoms with Crippen LogP contribution in [0.5, 0.6) is 0 Å². The second-order valence-electron chi connectivity index (χ2n) is 5.85. The van der Waals surface area contributed by atoms with Gasteiger partial charge in [-0.05, 0) is 49.0 Å². The number of imide groups is 1. The summed E-state index contributed by atoms with van der Waals surface area (Å²) in [6, 6.07) is 8.03. The molecular weight excluding hydrogens is 420 g/mol. The van der Waals surface area contributed by atoms with Gasteiger partial charge in [-0.25, -0.2) is 4.79 Å². The number of hydrogen-bond acceptors (Lipinski definition) is 7. The van der Waals surface area contributed by atoms with Crippen molar-refractivity contribution < 1.29 is 28.3 Å². The number of nitrogens with two attached hydrogens (primary N) is 1. The second-order valence-corrected chi connectivity index (χ2v) is 7.25. The molecule has 1 aliphatic heterocycles. The number of ether oxygens (including phenoxy) is 1. The van der Waals surface area contributed by atoms with E-state index in [0.717, 1.165) is 4.90 Å². The Hall–Kier alpha value is -3.04. The molecule has 2 aromatic rings. The smallest absolute Gasteiger partial charge is 0.339 e. The normalized spacial score (nSPS) is 15.2. The van der Waals surface area contributed by atoms with E-state index in [-0.39, 0.29) is 22.1 Å². The number of primary amides is 1. The van der Waals surface area contributed by atoms with Crippen LogP contribution in [0.1, 0.15) is 23.0 Å². The predicted molar refractivity (Wildman–Crippen MR) is 107 cm³/mol. The van der Waals surface area contributed by atoms with Gasteiger partial charge in [0, 0.05) is 11.6 Å². The number of amides is 3. The molecule has 0 saturated carbocycles. The van der Waals surface area contributed by atoms with Crippen LogP contribution in [0.25, 0.3) is 17.4 Å². The van der Waals surface area contributed by atoms with Crippen LogP contribution in [0, 0.1) is 0 Å². The van der Waals surface area contributed by atoms with Gasteiger partial charge in [0.1, 0.15) is 18.1 Å². The third-order valence-electron chi connectivity index (χ3n) is 3.83. The Kier molecular flexibility index (Phi) is 6.09. The SMILES string of the molecule is CCOC(=O)c1cc(-c2ccc(/C=C3\SC(=O)N(CC(N)=O)C3=O)o2)ccc1Cl. The van der Waals surface area contributed by atoms with Crippen molar-refractivity contribution in [1.29, 1.82) is 0 Å². The lowest BCUT2D eigenvalue weighted by Gasteiger charge is -2.08. The Balaban J connectivity index is 1.85. The standard InChI is InChI=1S/C19H15ClN2O6S/c1-2-27-18(25)12-7-10(3-5-13(12)20)14-6-4-11(28-14)8-15-17(24)22(9-16(21)23)19(26)29-15/h3-8H,2,9H2,1H3,(H2,21,23)/b15-8-. The van der Waals surface area contributed by atoms with Gasteiger partial charge in [-0.3, -0.25) is 19.3 Å². The zero-order chi connectivity index (χ0) is 21.1. The van der Waals surface area contributed by atoms with Crippen molar-refractivity contribution in [3.05, 3.63) is 51.6 Å². The monoisotopic (exact) mass is 434 g/mol. The maximum atomic E-state index is 12.3. The number of nitrogens with zero attached hydrogens (tertiary/aromatic N) is 1. The Morgan fingerprint density at radius 2 is 2.03 bits per heavy atom. The molecule has 1 aliphatic rings. The highest BCUT2D eigenvalue weighted by atomic mass is 35.5. The van der Waals surface area contributed by atoms with Crippen molar-refractivity contribution in [2.45, 2.75) is 6.92 Å². The molecule has 0 spiro atoms. The van der Waals surface area contributed by atoms with E-state index < -0.39 is 29.6 Å². The number of esters is 1. The van der Waals surface area contributed by atoms with Gasteiger partial charge in [0.15, 0.2) is 0 Å². The van der Waals surface area contributed by atoms with Crippen LogP contribution in [0.2, 0.25) is 5.02 Å². The van der Waals surface area contributed by atoms with Gasteiger partial charge >= 0.3 is 5.97 Å². The number of rotatable bonds is 6. The molecule has 8 nitrogen and oxygen atoms in total. The van der Waals surface area contributed by atoms with Crippen LogP contribution in [0.4, 0.5) is 4.79 Å². The van der Waals surface area contributed by atoms with Crippen molar-refractivity contribution in [1.82, 2.24) is 4.90 Å². The Labute approximate surface area is 174 Å². The van der Waals surface area contributed by atoms with Gasteiger partial charge in [0.25, 0.3) is 11.1 Å². The summed E-state index contributed by atoms with van der Waals surface area (Å²) in [4.78, 5) is 48.0. The molecule has 1 fully saturated rings. The molecular formula is C19H15ClN2O6S. The maximum absolute atomic E-state index is 12.3. The van der Waals surface area contributed by atoms with Crippen molar-refractivity contribution in [2.75, 3.05) is 13.2 Å². The summed E-state index contributed by atoms with van der Waals surface area (Å²) < 4.78 is 10.7. The van der Waals surface area contributed by atoms with Crippen LogP contribution in [0.15, 0.2) is 39.7 Å². The van der Waals surface area contributed by atoms with Crippen molar-refractivity contribution >= 4 is 52.5 Å². The Bertz CT molecular complexity index is 1050. The number of halogens is 1. The molecule has 0 aliphatic carbocycles. The van der Waals surface area contributed by atoms with Gasteiger partial charge in [-0.1, -0.05) is 11.6 Å². The lowest BCUT2D eigenvalue weighted by atomic mass is 10.1. The fourth-order valence-electron chi connectivity index (χ4n) is 2.55. The second kappa shape index (κ2) is 8.54. The van der Waals surface area contributed by atoms with Gasteiger partial charge in [-0.2, -0.15) is 0 Å². The van der Waals surface area contributed by atoms with Crippen LogP contribution in [0.3, 0.4) is 0 Å². The van der Waals surface area contributed by atoms with E-state index in [2.05, 4.69) is 0 Å². The molecule has 1 saturated heterocycles. The first-order chi connectivity index (χ1) is 13.8. The highest BCUT2D eigenvalue weighted by molar-refractivity contribution is 8.18. The van der Waals surface area contributed by atoms with E-state index >= 15 is 0 Å². The first kappa shape index (κ1) is 20.7.